The summed E-state index contributed by atoms with van der Waals surface area (Å²) in [7, 11) is 0. The molecule has 0 spiro atoms. The second kappa shape index (κ2) is 7.26. The molecule has 0 radical (unpaired) electrons. The van der Waals surface area contributed by atoms with E-state index in [1.807, 2.05) is 0 Å². The Bertz CT molecular complexity index is 409. The molecule has 2 fully saturated rings. The highest BCUT2D eigenvalue weighted by Crippen LogP contribution is 2.17. The molecule has 8 heteroatoms. The zero-order valence-corrected chi connectivity index (χ0v) is 11.9. The summed E-state index contributed by atoms with van der Waals surface area (Å²) in [6.07, 6.45) is 5.21. The van der Waals surface area contributed by atoms with E-state index in [1.54, 1.807) is 0 Å². The third-order valence-corrected chi connectivity index (χ3v) is 3.86. The maximum absolute atomic E-state index is 12.1. The maximum Gasteiger partial charge on any atom is 0.315 e. The van der Waals surface area contributed by atoms with Gasteiger partial charge in [-0.05, 0) is 12.8 Å². The first-order chi connectivity index (χ1) is 10.1. The van der Waals surface area contributed by atoms with Crippen molar-refractivity contribution in [3.63, 3.8) is 0 Å². The Balaban J connectivity index is 1.82. The van der Waals surface area contributed by atoms with Crippen molar-refractivity contribution in [1.82, 2.24) is 21.3 Å². The van der Waals surface area contributed by atoms with Crippen molar-refractivity contribution in [3.8, 4) is 0 Å². The summed E-state index contributed by atoms with van der Waals surface area (Å²) in [5, 5.41) is 19.5. The van der Waals surface area contributed by atoms with Crippen LogP contribution in [0.1, 0.15) is 32.1 Å². The van der Waals surface area contributed by atoms with Gasteiger partial charge < -0.3 is 26.4 Å². The Hall–Kier alpha value is -1.83. The highest BCUT2D eigenvalue weighted by atomic mass is 16.3. The van der Waals surface area contributed by atoms with Crippen molar-refractivity contribution in [2.45, 2.75) is 50.2 Å². The van der Waals surface area contributed by atoms with Crippen LogP contribution in [-0.2, 0) is 9.59 Å². The predicted molar refractivity (Wildman–Crippen MR) is 74.4 cm³/mol. The molecule has 118 valence electrons. The fraction of sp³-hybridized carbons (Fsp3) is 0.769. The largest absolute Gasteiger partial charge is 0.394 e. The molecule has 2 unspecified atom stereocenters. The number of amides is 4. The molecule has 0 aromatic carbocycles. The van der Waals surface area contributed by atoms with Gasteiger partial charge >= 0.3 is 6.03 Å². The lowest BCUT2D eigenvalue weighted by Gasteiger charge is -2.25. The number of hydrogen-bond donors (Lipinski definition) is 5. The van der Waals surface area contributed by atoms with Crippen LogP contribution in [0.3, 0.4) is 0 Å². The zero-order valence-electron chi connectivity index (χ0n) is 11.9. The Morgan fingerprint density at radius 2 is 2.00 bits per heavy atom. The van der Waals surface area contributed by atoms with Gasteiger partial charge in [0.25, 0.3) is 0 Å². The fourth-order valence-corrected chi connectivity index (χ4v) is 2.63. The lowest BCUT2D eigenvalue weighted by molar-refractivity contribution is -0.131. The summed E-state index contributed by atoms with van der Waals surface area (Å²) in [5.41, 5.74) is 0. The first kappa shape index (κ1) is 15.6. The molecule has 0 aromatic heterocycles. The average Bonchev–Trinajstić information content (AvgIpc) is 2.92. The Morgan fingerprint density at radius 3 is 2.57 bits per heavy atom. The van der Waals surface area contributed by atoms with Crippen molar-refractivity contribution in [2.75, 3.05) is 13.2 Å². The van der Waals surface area contributed by atoms with E-state index in [0.29, 0.717) is 0 Å². The van der Waals surface area contributed by atoms with Crippen LogP contribution < -0.4 is 21.3 Å². The molecular formula is C13H22N4O4. The molecule has 0 bridgehead atoms. The van der Waals surface area contributed by atoms with Gasteiger partial charge in [-0.25, -0.2) is 4.79 Å². The first-order valence-electron chi connectivity index (χ1n) is 7.36. The third kappa shape index (κ3) is 4.32. The van der Waals surface area contributed by atoms with Gasteiger partial charge in [-0.15, -0.1) is 0 Å². The van der Waals surface area contributed by atoms with Gasteiger partial charge in [-0.1, -0.05) is 19.3 Å². The number of urea groups is 1. The number of carbonyl (C=O) groups excluding carboxylic acids is 3. The van der Waals surface area contributed by atoms with E-state index in [9.17, 15) is 19.5 Å². The van der Waals surface area contributed by atoms with Crippen LogP contribution in [-0.4, -0.2) is 54.2 Å². The van der Waals surface area contributed by atoms with Gasteiger partial charge in [0, 0.05) is 12.6 Å². The predicted octanol–water partition coefficient (Wildman–Crippen LogP) is -1.41. The average molecular weight is 298 g/mol. The normalized spacial score (nSPS) is 23.9. The van der Waals surface area contributed by atoms with Crippen LogP contribution in [0.2, 0.25) is 0 Å². The summed E-state index contributed by atoms with van der Waals surface area (Å²) in [6, 6.07) is -2.00. The van der Waals surface area contributed by atoms with E-state index in [2.05, 4.69) is 21.3 Å². The van der Waals surface area contributed by atoms with E-state index in [4.69, 9.17) is 0 Å². The van der Waals surface area contributed by atoms with Crippen LogP contribution in [0.5, 0.6) is 0 Å². The van der Waals surface area contributed by atoms with E-state index >= 15 is 0 Å². The topological polar surface area (TPSA) is 120 Å². The Kier molecular flexibility index (Phi) is 5.38. The molecule has 1 saturated carbocycles. The van der Waals surface area contributed by atoms with E-state index in [-0.39, 0.29) is 18.5 Å². The van der Waals surface area contributed by atoms with Gasteiger partial charge in [0.15, 0.2) is 0 Å². The van der Waals surface area contributed by atoms with Crippen molar-refractivity contribution < 1.29 is 19.5 Å². The summed E-state index contributed by atoms with van der Waals surface area (Å²) in [5.74, 6) is -0.860. The molecule has 2 aliphatic rings. The monoisotopic (exact) mass is 298 g/mol. The first-order valence-corrected chi connectivity index (χ1v) is 7.36. The second-order valence-electron chi connectivity index (χ2n) is 5.49. The minimum absolute atomic E-state index is 0.116. The second-order valence-corrected chi connectivity index (χ2v) is 5.49. The quantitative estimate of drug-likeness (QED) is 0.428. The lowest BCUT2D eigenvalue weighted by atomic mass is 9.95. The fourth-order valence-electron chi connectivity index (χ4n) is 2.63. The lowest BCUT2D eigenvalue weighted by Crippen LogP contribution is -2.55. The maximum atomic E-state index is 12.1. The minimum Gasteiger partial charge on any atom is -0.394 e. The molecule has 21 heavy (non-hydrogen) atoms. The highest BCUT2D eigenvalue weighted by Gasteiger charge is 2.30. The molecule has 5 N–H and O–H groups in total. The van der Waals surface area contributed by atoms with Crippen molar-refractivity contribution in [1.29, 1.82) is 0 Å². The molecule has 4 amide bonds. The van der Waals surface area contributed by atoms with Gasteiger partial charge in [0.1, 0.15) is 12.1 Å². The van der Waals surface area contributed by atoms with Gasteiger partial charge in [0.2, 0.25) is 11.8 Å². The molecule has 2 atom stereocenters. The smallest absolute Gasteiger partial charge is 0.315 e. The van der Waals surface area contributed by atoms with Crippen LogP contribution in [0, 0.1) is 0 Å². The SMILES string of the molecule is O=C1NCC(C(=O)NC(CO)C(=O)NC2CCCCC2)N1. The van der Waals surface area contributed by atoms with Crippen molar-refractivity contribution in [2.24, 2.45) is 0 Å². The number of rotatable bonds is 5. The number of aliphatic hydroxyl groups excluding tert-OH is 1. The molecule has 1 aliphatic carbocycles. The summed E-state index contributed by atoms with van der Waals surface area (Å²) in [4.78, 5) is 34.9. The Labute approximate surface area is 123 Å². The standard InChI is InChI=1S/C13H22N4O4/c18-7-10(12(20)15-8-4-2-1-3-5-8)16-11(19)9-6-14-13(21)17-9/h8-10,18H,1-7H2,(H,15,20)(H,16,19)(H2,14,17,21). The molecule has 8 nitrogen and oxygen atoms in total. The van der Waals surface area contributed by atoms with Crippen LogP contribution in [0.4, 0.5) is 4.79 Å². The summed E-state index contributed by atoms with van der Waals surface area (Å²) < 4.78 is 0. The molecule has 0 aromatic rings. The van der Waals surface area contributed by atoms with Gasteiger partial charge in [-0.2, -0.15) is 0 Å². The van der Waals surface area contributed by atoms with E-state index in [1.165, 1.54) is 6.42 Å². The molecule has 2 rings (SSSR count). The molecule has 1 saturated heterocycles. The van der Waals surface area contributed by atoms with Gasteiger partial charge in [0.05, 0.1) is 6.61 Å². The number of aliphatic hydroxyl groups is 1. The van der Waals surface area contributed by atoms with Crippen molar-refractivity contribution >= 4 is 17.8 Å². The summed E-state index contributed by atoms with van der Waals surface area (Å²) >= 11 is 0. The molecular weight excluding hydrogens is 276 g/mol. The van der Waals surface area contributed by atoms with E-state index < -0.39 is 30.6 Å². The molecule has 1 heterocycles. The van der Waals surface area contributed by atoms with Crippen LogP contribution in [0.25, 0.3) is 0 Å². The van der Waals surface area contributed by atoms with Crippen LogP contribution in [0.15, 0.2) is 0 Å². The zero-order chi connectivity index (χ0) is 15.2. The van der Waals surface area contributed by atoms with Crippen LogP contribution >= 0.6 is 0 Å². The number of hydrogen-bond acceptors (Lipinski definition) is 4. The summed E-state index contributed by atoms with van der Waals surface area (Å²) in [6.45, 7) is -0.300. The Morgan fingerprint density at radius 1 is 1.29 bits per heavy atom. The van der Waals surface area contributed by atoms with Gasteiger partial charge in [-0.3, -0.25) is 9.59 Å². The number of carbonyl (C=O) groups is 3. The number of nitrogens with one attached hydrogen (secondary N) is 4. The third-order valence-electron chi connectivity index (χ3n) is 3.86. The highest BCUT2D eigenvalue weighted by molar-refractivity contribution is 5.93. The minimum atomic E-state index is -0.989. The molecule has 1 aliphatic heterocycles. The van der Waals surface area contributed by atoms with E-state index in [0.717, 1.165) is 25.7 Å². The van der Waals surface area contributed by atoms with Crippen molar-refractivity contribution in [3.05, 3.63) is 0 Å².